The first-order valence-corrected chi connectivity index (χ1v) is 9.34. The van der Waals surface area contributed by atoms with Gasteiger partial charge in [-0.05, 0) is 32.3 Å². The number of aliphatic hydroxyl groups excluding tert-OH is 1. The fraction of sp³-hybridized carbons (Fsp3) is 0.450. The van der Waals surface area contributed by atoms with E-state index in [9.17, 15) is 9.50 Å². The Hall–Kier alpha value is -2.54. The van der Waals surface area contributed by atoms with Crippen molar-refractivity contribution in [2.45, 2.75) is 31.8 Å². The Bertz CT molecular complexity index is 942. The first-order chi connectivity index (χ1) is 13.0. The maximum absolute atomic E-state index is 14.2. The zero-order valence-electron chi connectivity index (χ0n) is 15.2. The molecule has 1 saturated carbocycles. The van der Waals surface area contributed by atoms with Crippen LogP contribution in [0.2, 0.25) is 0 Å². The average molecular weight is 368 g/mol. The van der Waals surface area contributed by atoms with Crippen molar-refractivity contribution in [1.29, 1.82) is 0 Å². The van der Waals surface area contributed by atoms with Gasteiger partial charge in [0.15, 0.2) is 11.6 Å². The van der Waals surface area contributed by atoms with Crippen LogP contribution in [0.3, 0.4) is 0 Å². The molecule has 1 aromatic heterocycles. The topological polar surface area (TPSA) is 70.8 Å². The number of aliphatic hydroxyl groups is 1. The Morgan fingerprint density at radius 2 is 2.15 bits per heavy atom. The highest BCUT2D eigenvalue weighted by molar-refractivity contribution is 6.21. The van der Waals surface area contributed by atoms with E-state index < -0.39 is 0 Å². The van der Waals surface area contributed by atoms with Gasteiger partial charge in [-0.1, -0.05) is 0 Å². The molecule has 140 valence electrons. The predicted octanol–water partition coefficient (Wildman–Crippen LogP) is 2.85. The molecule has 27 heavy (non-hydrogen) atoms. The molecule has 0 amide bonds. The molecule has 5 rings (SSSR count). The molecule has 0 bridgehead atoms. The summed E-state index contributed by atoms with van der Waals surface area (Å²) in [7, 11) is 0. The van der Waals surface area contributed by atoms with E-state index in [1.165, 1.54) is 12.4 Å². The third kappa shape index (κ3) is 2.96. The van der Waals surface area contributed by atoms with Gasteiger partial charge in [0, 0.05) is 43.3 Å². The number of hydrogen-bond donors (Lipinski definition) is 1. The van der Waals surface area contributed by atoms with Crippen molar-refractivity contribution >= 4 is 17.2 Å². The number of rotatable bonds is 5. The maximum Gasteiger partial charge on any atom is 0.167 e. The van der Waals surface area contributed by atoms with E-state index >= 15 is 0 Å². The minimum Gasteiger partial charge on any atom is -0.484 e. The Balaban J connectivity index is 1.41. The van der Waals surface area contributed by atoms with Crippen molar-refractivity contribution in [2.75, 3.05) is 24.6 Å². The van der Waals surface area contributed by atoms with Crippen LogP contribution in [0.1, 0.15) is 37.4 Å². The molecule has 1 saturated heterocycles. The number of fused-ring (bicyclic) bond motifs is 1. The summed E-state index contributed by atoms with van der Waals surface area (Å²) in [6, 6.07) is 5.07. The number of hydrogen-bond acceptors (Lipinski definition) is 6. The molecule has 3 heterocycles. The van der Waals surface area contributed by atoms with E-state index in [0.717, 1.165) is 55.1 Å². The number of benzene rings is 1. The molecule has 0 spiro atoms. The molecular formula is C20H21FN4O2. The minimum atomic E-state index is -0.375. The highest BCUT2D eigenvalue weighted by Gasteiger charge is 2.41. The van der Waals surface area contributed by atoms with Gasteiger partial charge >= 0.3 is 0 Å². The molecule has 2 aliphatic heterocycles. The lowest BCUT2D eigenvalue weighted by Crippen LogP contribution is -2.23. The lowest BCUT2D eigenvalue weighted by molar-refractivity contribution is 0.191. The first-order valence-electron chi connectivity index (χ1n) is 9.34. The molecule has 3 aliphatic rings. The number of anilines is 1. The largest absolute Gasteiger partial charge is 0.484 e. The van der Waals surface area contributed by atoms with Crippen LogP contribution in [0.5, 0.6) is 5.75 Å². The number of aliphatic imine (C=N–C) groups is 1. The van der Waals surface area contributed by atoms with Crippen LogP contribution >= 0.6 is 0 Å². The maximum atomic E-state index is 14.2. The molecule has 1 aromatic carbocycles. The lowest BCUT2D eigenvalue weighted by atomic mass is 9.98. The summed E-state index contributed by atoms with van der Waals surface area (Å²) in [5.41, 5.74) is 2.69. The monoisotopic (exact) mass is 368 g/mol. The molecule has 1 N–H and O–H groups in total. The molecule has 0 radical (unpaired) electrons. The van der Waals surface area contributed by atoms with E-state index in [1.807, 2.05) is 13.0 Å². The SMILES string of the molecule is CC1(Oc2cc3c(cc2F)N=C3c2cc(N3CCC(CO)C3)ncn2)CC1. The second-order valence-electron chi connectivity index (χ2n) is 7.86. The van der Waals surface area contributed by atoms with Gasteiger partial charge in [-0.25, -0.2) is 19.4 Å². The highest BCUT2D eigenvalue weighted by Crippen LogP contribution is 2.43. The molecule has 1 aliphatic carbocycles. The van der Waals surface area contributed by atoms with E-state index in [2.05, 4.69) is 19.9 Å². The van der Waals surface area contributed by atoms with Gasteiger partial charge in [0.1, 0.15) is 17.7 Å². The molecular weight excluding hydrogens is 347 g/mol. The summed E-state index contributed by atoms with van der Waals surface area (Å²) in [5.74, 6) is 1.02. The molecule has 7 heteroatoms. The third-order valence-electron chi connectivity index (χ3n) is 5.61. The summed E-state index contributed by atoms with van der Waals surface area (Å²) in [4.78, 5) is 15.3. The van der Waals surface area contributed by atoms with Crippen LogP contribution in [0.4, 0.5) is 15.9 Å². The quantitative estimate of drug-likeness (QED) is 0.750. The van der Waals surface area contributed by atoms with Crippen LogP contribution in [0.25, 0.3) is 0 Å². The van der Waals surface area contributed by atoms with Crippen LogP contribution in [0.15, 0.2) is 29.5 Å². The van der Waals surface area contributed by atoms with Crippen molar-refractivity contribution in [3.8, 4) is 5.75 Å². The molecule has 6 nitrogen and oxygen atoms in total. The summed E-state index contributed by atoms with van der Waals surface area (Å²) < 4.78 is 20.1. The van der Waals surface area contributed by atoms with Gasteiger partial charge in [0.2, 0.25) is 0 Å². The number of halogens is 1. The van der Waals surface area contributed by atoms with Crippen LogP contribution in [-0.2, 0) is 0 Å². The zero-order valence-corrected chi connectivity index (χ0v) is 15.2. The first kappa shape index (κ1) is 16.6. The van der Waals surface area contributed by atoms with E-state index in [4.69, 9.17) is 4.74 Å². The molecule has 1 atom stereocenters. The van der Waals surface area contributed by atoms with E-state index in [-0.39, 0.29) is 29.7 Å². The van der Waals surface area contributed by atoms with Gasteiger partial charge in [-0.15, -0.1) is 0 Å². The summed E-state index contributed by atoms with van der Waals surface area (Å²) >= 11 is 0. The Morgan fingerprint density at radius 3 is 2.89 bits per heavy atom. The fourth-order valence-corrected chi connectivity index (χ4v) is 3.61. The Labute approximate surface area is 156 Å². The van der Waals surface area contributed by atoms with Crippen molar-refractivity contribution in [3.63, 3.8) is 0 Å². The van der Waals surface area contributed by atoms with E-state index in [0.29, 0.717) is 5.69 Å². The normalized spacial score (nSPS) is 22.1. The van der Waals surface area contributed by atoms with Gasteiger partial charge in [-0.3, -0.25) is 0 Å². The smallest absolute Gasteiger partial charge is 0.167 e. The van der Waals surface area contributed by atoms with E-state index in [1.54, 1.807) is 6.07 Å². The number of nitrogens with zero attached hydrogens (tertiary/aromatic N) is 4. The van der Waals surface area contributed by atoms with Gasteiger partial charge in [0.25, 0.3) is 0 Å². The second kappa shape index (κ2) is 5.99. The van der Waals surface area contributed by atoms with Crippen LogP contribution in [-0.4, -0.2) is 46.1 Å². The standard InChI is InChI=1S/C20H21FN4O2/c1-20(3-4-20)27-17-6-13-15(7-14(17)21)24-19(13)16-8-18(23-11-22-16)25-5-2-12(9-25)10-26/h6-8,11-12,26H,2-5,9-10H2,1H3. The summed E-state index contributed by atoms with van der Waals surface area (Å²) in [6.07, 6.45) is 4.39. The van der Waals surface area contributed by atoms with Crippen LogP contribution < -0.4 is 9.64 Å². The molecule has 1 unspecified atom stereocenters. The van der Waals surface area contributed by atoms with Gasteiger partial charge in [-0.2, -0.15) is 0 Å². The summed E-state index contributed by atoms with van der Waals surface area (Å²) in [5, 5.41) is 9.34. The number of ether oxygens (including phenoxy) is 1. The zero-order chi connectivity index (χ0) is 18.6. The third-order valence-corrected chi connectivity index (χ3v) is 5.61. The van der Waals surface area contributed by atoms with Crippen molar-refractivity contribution in [2.24, 2.45) is 10.9 Å². The average Bonchev–Trinajstić information content (AvgIpc) is 3.19. The Morgan fingerprint density at radius 1 is 1.30 bits per heavy atom. The fourth-order valence-electron chi connectivity index (χ4n) is 3.61. The predicted molar refractivity (Wildman–Crippen MR) is 99.4 cm³/mol. The lowest BCUT2D eigenvalue weighted by Gasteiger charge is -2.22. The number of aromatic nitrogens is 2. The molecule has 2 aromatic rings. The Kier molecular flexibility index (Phi) is 3.69. The van der Waals surface area contributed by atoms with Crippen molar-refractivity contribution in [3.05, 3.63) is 41.6 Å². The van der Waals surface area contributed by atoms with Crippen molar-refractivity contribution < 1.29 is 14.2 Å². The second-order valence-corrected chi connectivity index (χ2v) is 7.86. The van der Waals surface area contributed by atoms with Gasteiger partial charge in [0.05, 0.1) is 17.1 Å². The summed E-state index contributed by atoms with van der Waals surface area (Å²) in [6.45, 7) is 3.85. The minimum absolute atomic E-state index is 0.196. The van der Waals surface area contributed by atoms with Gasteiger partial charge < -0.3 is 14.7 Å². The van der Waals surface area contributed by atoms with Crippen LogP contribution in [0, 0.1) is 11.7 Å². The highest BCUT2D eigenvalue weighted by atomic mass is 19.1. The molecule has 2 fully saturated rings. The van der Waals surface area contributed by atoms with Crippen molar-refractivity contribution in [1.82, 2.24) is 9.97 Å².